The molecule has 1 atom stereocenters. The molecule has 1 aliphatic rings. The van der Waals surface area contributed by atoms with Gasteiger partial charge in [0.2, 0.25) is 10.0 Å². The minimum Gasteiger partial charge on any atom is -0.492 e. The largest absolute Gasteiger partial charge is 0.492 e. The van der Waals surface area contributed by atoms with Crippen LogP contribution < -0.4 is 9.46 Å². The van der Waals surface area contributed by atoms with Gasteiger partial charge < -0.3 is 9.30 Å². The third-order valence-electron chi connectivity index (χ3n) is 5.06. The molecule has 1 aromatic carbocycles. The first-order valence-corrected chi connectivity index (χ1v) is 11.0. The summed E-state index contributed by atoms with van der Waals surface area (Å²) in [6.07, 6.45) is 4.31. The van der Waals surface area contributed by atoms with Crippen molar-refractivity contribution in [3.05, 3.63) is 47.8 Å². The number of sulfonamides is 1. The van der Waals surface area contributed by atoms with E-state index >= 15 is 0 Å². The number of likely N-dealkylation sites (tertiary alicyclic amines) is 1. The number of nitrogens with one attached hydrogen (secondary N) is 1. The lowest BCUT2D eigenvalue weighted by atomic mass is 10.2. The lowest BCUT2D eigenvalue weighted by Gasteiger charge is -2.28. The van der Waals surface area contributed by atoms with Gasteiger partial charge >= 0.3 is 0 Å². The second kappa shape index (κ2) is 8.46. The number of rotatable bonds is 8. The summed E-state index contributed by atoms with van der Waals surface area (Å²) in [5, 5.41) is 0. The average molecular weight is 392 g/mol. The molecule has 2 aromatic rings. The molecular weight excluding hydrogens is 362 g/mol. The van der Waals surface area contributed by atoms with Gasteiger partial charge in [0, 0.05) is 25.5 Å². The van der Waals surface area contributed by atoms with Crippen LogP contribution in [0.15, 0.2) is 41.4 Å². The Labute approximate surface area is 162 Å². The normalized spacial score (nSPS) is 16.6. The zero-order valence-corrected chi connectivity index (χ0v) is 17.1. The molecule has 27 heavy (non-hydrogen) atoms. The molecule has 1 fully saturated rings. The Balaban J connectivity index is 1.84. The van der Waals surface area contributed by atoms with E-state index in [1.165, 1.54) is 0 Å². The maximum atomic E-state index is 13.0. The highest BCUT2D eigenvalue weighted by molar-refractivity contribution is 7.89. The number of aromatic nitrogens is 1. The van der Waals surface area contributed by atoms with Gasteiger partial charge in [-0.05, 0) is 69.6 Å². The molecule has 0 spiro atoms. The molecule has 7 heteroatoms. The second-order valence-electron chi connectivity index (χ2n) is 7.04. The standard InChI is InChI=1S/C20H29N3O3S/c1-4-26-19-10-9-16(2)14-20(19)27(24,25)21-15-18(23-12-5-6-13-23)17-8-7-11-22(17)3/h7-11,14,18,21H,4-6,12-13,15H2,1-3H3. The summed E-state index contributed by atoms with van der Waals surface area (Å²) < 4.78 is 36.5. The van der Waals surface area contributed by atoms with Crippen molar-refractivity contribution in [2.75, 3.05) is 26.2 Å². The summed E-state index contributed by atoms with van der Waals surface area (Å²) in [7, 11) is -1.67. The molecule has 0 radical (unpaired) electrons. The summed E-state index contributed by atoms with van der Waals surface area (Å²) >= 11 is 0. The molecule has 0 amide bonds. The lowest BCUT2D eigenvalue weighted by Crippen LogP contribution is -2.37. The van der Waals surface area contributed by atoms with E-state index in [1.807, 2.05) is 39.2 Å². The summed E-state index contributed by atoms with van der Waals surface area (Å²) in [6, 6.07) is 9.34. The molecule has 3 rings (SSSR count). The number of nitrogens with zero attached hydrogens (tertiary/aromatic N) is 2. The lowest BCUT2D eigenvalue weighted by molar-refractivity contribution is 0.238. The van der Waals surface area contributed by atoms with Crippen LogP contribution in [0.5, 0.6) is 5.75 Å². The fourth-order valence-corrected chi connectivity index (χ4v) is 4.93. The molecule has 1 unspecified atom stereocenters. The van der Waals surface area contributed by atoms with Gasteiger partial charge in [0.1, 0.15) is 10.6 Å². The molecular formula is C20H29N3O3S. The van der Waals surface area contributed by atoms with Crippen molar-refractivity contribution in [2.24, 2.45) is 7.05 Å². The molecule has 0 saturated carbocycles. The van der Waals surface area contributed by atoms with Crippen molar-refractivity contribution < 1.29 is 13.2 Å². The summed E-state index contributed by atoms with van der Waals surface area (Å²) in [4.78, 5) is 2.56. The molecule has 1 saturated heterocycles. The van der Waals surface area contributed by atoms with E-state index in [0.717, 1.165) is 37.2 Å². The van der Waals surface area contributed by atoms with Crippen molar-refractivity contribution in [3.63, 3.8) is 0 Å². The van der Waals surface area contributed by atoms with Gasteiger partial charge in [0.25, 0.3) is 0 Å². The molecule has 2 heterocycles. The van der Waals surface area contributed by atoms with Crippen LogP contribution in [0.4, 0.5) is 0 Å². The van der Waals surface area contributed by atoms with E-state index in [4.69, 9.17) is 4.74 Å². The highest BCUT2D eigenvalue weighted by Gasteiger charge is 2.28. The molecule has 0 bridgehead atoms. The second-order valence-corrected chi connectivity index (χ2v) is 8.77. The van der Waals surface area contributed by atoms with Crippen LogP contribution >= 0.6 is 0 Å². The van der Waals surface area contributed by atoms with E-state index < -0.39 is 10.0 Å². The molecule has 148 valence electrons. The van der Waals surface area contributed by atoms with Crippen LogP contribution in [0.1, 0.15) is 37.1 Å². The Bertz CT molecular complexity index is 870. The van der Waals surface area contributed by atoms with E-state index in [0.29, 0.717) is 18.9 Å². The quantitative estimate of drug-likeness (QED) is 0.752. The topological polar surface area (TPSA) is 63.6 Å². The highest BCUT2D eigenvalue weighted by atomic mass is 32.2. The van der Waals surface area contributed by atoms with Crippen molar-refractivity contribution >= 4 is 10.0 Å². The van der Waals surface area contributed by atoms with Crippen LogP contribution in [0.3, 0.4) is 0 Å². The Morgan fingerprint density at radius 3 is 2.59 bits per heavy atom. The van der Waals surface area contributed by atoms with Gasteiger partial charge in [-0.3, -0.25) is 4.90 Å². The van der Waals surface area contributed by atoms with Crippen molar-refractivity contribution in [2.45, 2.75) is 37.6 Å². The molecule has 6 nitrogen and oxygen atoms in total. The van der Waals surface area contributed by atoms with Gasteiger partial charge in [-0.25, -0.2) is 13.1 Å². The van der Waals surface area contributed by atoms with E-state index in [-0.39, 0.29) is 10.9 Å². The predicted molar refractivity (Wildman–Crippen MR) is 106 cm³/mol. The van der Waals surface area contributed by atoms with Gasteiger partial charge in [-0.2, -0.15) is 0 Å². The molecule has 0 aliphatic carbocycles. The smallest absolute Gasteiger partial charge is 0.244 e. The SMILES string of the molecule is CCOc1ccc(C)cc1S(=O)(=O)NCC(c1cccn1C)N1CCCC1. The van der Waals surface area contributed by atoms with E-state index in [2.05, 4.69) is 20.3 Å². The highest BCUT2D eigenvalue weighted by Crippen LogP contribution is 2.28. The molecule has 1 aromatic heterocycles. The van der Waals surface area contributed by atoms with Crippen LogP contribution in [0, 0.1) is 6.92 Å². The molecule has 1 aliphatic heterocycles. The number of ether oxygens (including phenoxy) is 1. The first-order chi connectivity index (χ1) is 12.9. The third kappa shape index (κ3) is 4.54. The summed E-state index contributed by atoms with van der Waals surface area (Å²) in [5.41, 5.74) is 2.01. The van der Waals surface area contributed by atoms with E-state index in [1.54, 1.807) is 12.1 Å². The summed E-state index contributed by atoms with van der Waals surface area (Å²) in [5.74, 6) is 0.396. The minimum absolute atomic E-state index is 0.0163. The minimum atomic E-state index is -3.68. The Morgan fingerprint density at radius 1 is 1.22 bits per heavy atom. The predicted octanol–water partition coefficient (Wildman–Crippen LogP) is 2.85. The fraction of sp³-hybridized carbons (Fsp3) is 0.500. The van der Waals surface area contributed by atoms with Crippen LogP contribution in [0.2, 0.25) is 0 Å². The maximum Gasteiger partial charge on any atom is 0.244 e. The van der Waals surface area contributed by atoms with Crippen molar-refractivity contribution in [3.8, 4) is 5.75 Å². The number of benzene rings is 1. The van der Waals surface area contributed by atoms with Crippen molar-refractivity contribution in [1.82, 2.24) is 14.2 Å². The van der Waals surface area contributed by atoms with Crippen LogP contribution in [-0.2, 0) is 17.1 Å². The Kier molecular flexibility index (Phi) is 6.24. The number of hydrogen-bond acceptors (Lipinski definition) is 4. The third-order valence-corrected chi connectivity index (χ3v) is 6.51. The Hall–Kier alpha value is -1.83. The fourth-order valence-electron chi connectivity index (χ4n) is 3.66. The van der Waals surface area contributed by atoms with Crippen molar-refractivity contribution in [1.29, 1.82) is 0 Å². The maximum absolute atomic E-state index is 13.0. The number of aryl methyl sites for hydroxylation is 2. The average Bonchev–Trinajstić information content (AvgIpc) is 3.30. The van der Waals surface area contributed by atoms with Gasteiger partial charge in [0.15, 0.2) is 0 Å². The monoisotopic (exact) mass is 391 g/mol. The molecule has 1 N–H and O–H groups in total. The zero-order chi connectivity index (χ0) is 19.4. The first kappa shape index (κ1) is 19.9. The van der Waals surface area contributed by atoms with E-state index in [9.17, 15) is 8.42 Å². The summed E-state index contributed by atoms with van der Waals surface area (Å²) in [6.45, 7) is 6.47. The van der Waals surface area contributed by atoms with Crippen LogP contribution in [-0.4, -0.2) is 44.1 Å². The zero-order valence-electron chi connectivity index (χ0n) is 16.3. The number of hydrogen-bond donors (Lipinski definition) is 1. The van der Waals surface area contributed by atoms with Crippen LogP contribution in [0.25, 0.3) is 0 Å². The van der Waals surface area contributed by atoms with Gasteiger partial charge in [0.05, 0.1) is 12.6 Å². The van der Waals surface area contributed by atoms with Gasteiger partial charge in [-0.1, -0.05) is 6.07 Å². The Morgan fingerprint density at radius 2 is 1.96 bits per heavy atom. The van der Waals surface area contributed by atoms with Gasteiger partial charge in [-0.15, -0.1) is 0 Å². The first-order valence-electron chi connectivity index (χ1n) is 9.51.